The predicted molar refractivity (Wildman–Crippen MR) is 60.8 cm³/mol. The Balaban J connectivity index is 2.62. The molecule has 4 nitrogen and oxygen atoms in total. The zero-order valence-corrected chi connectivity index (χ0v) is 10.1. The lowest BCUT2D eigenvalue weighted by Crippen LogP contribution is -2.37. The molecule has 2 unspecified atom stereocenters. The van der Waals surface area contributed by atoms with Crippen LogP contribution in [0.25, 0.3) is 0 Å². The molecule has 1 rings (SSSR count). The maximum absolute atomic E-state index is 13.3. The lowest BCUT2D eigenvalue weighted by atomic mass is 10.1. The first-order valence-corrected chi connectivity index (χ1v) is 5.40. The van der Waals surface area contributed by atoms with Crippen molar-refractivity contribution in [1.29, 1.82) is 0 Å². The number of aliphatic hydroxyl groups excluding tert-OH is 1. The van der Waals surface area contributed by atoms with E-state index in [0.717, 1.165) is 18.2 Å². The van der Waals surface area contributed by atoms with Crippen LogP contribution in [0.1, 0.15) is 18.6 Å². The third-order valence-corrected chi connectivity index (χ3v) is 2.49. The Labute approximate surface area is 104 Å². The zero-order chi connectivity index (χ0) is 13.7. The number of benzene rings is 1. The normalized spacial score (nSPS) is 14.1. The third kappa shape index (κ3) is 3.75. The molecule has 0 aliphatic heterocycles. The van der Waals surface area contributed by atoms with E-state index in [0.29, 0.717) is 0 Å². The van der Waals surface area contributed by atoms with Crippen LogP contribution in [0.4, 0.5) is 8.78 Å². The number of carbonyl (C=O) groups is 1. The van der Waals surface area contributed by atoms with Gasteiger partial charge < -0.3 is 15.2 Å². The molecule has 0 saturated carbocycles. The minimum atomic E-state index is -1.24. The van der Waals surface area contributed by atoms with Gasteiger partial charge in [-0.15, -0.1) is 0 Å². The lowest BCUT2D eigenvalue weighted by molar-refractivity contribution is -0.142. The Morgan fingerprint density at radius 2 is 2.17 bits per heavy atom. The Morgan fingerprint density at radius 3 is 2.78 bits per heavy atom. The molecule has 0 spiro atoms. The van der Waals surface area contributed by atoms with Crippen LogP contribution in [0.15, 0.2) is 18.2 Å². The highest BCUT2D eigenvalue weighted by Crippen LogP contribution is 2.17. The van der Waals surface area contributed by atoms with Crippen LogP contribution in [0.3, 0.4) is 0 Å². The first kappa shape index (κ1) is 14.5. The summed E-state index contributed by atoms with van der Waals surface area (Å²) in [4.78, 5) is 11.1. The Hall–Kier alpha value is -1.53. The van der Waals surface area contributed by atoms with E-state index in [4.69, 9.17) is 0 Å². The number of rotatable bonds is 5. The molecule has 0 aromatic heterocycles. The van der Waals surface area contributed by atoms with Gasteiger partial charge in [-0.3, -0.25) is 4.79 Å². The van der Waals surface area contributed by atoms with Gasteiger partial charge in [-0.2, -0.15) is 0 Å². The molecule has 2 N–H and O–H groups in total. The summed E-state index contributed by atoms with van der Waals surface area (Å²) in [6.45, 7) is 1.46. The van der Waals surface area contributed by atoms with E-state index in [2.05, 4.69) is 10.1 Å². The summed E-state index contributed by atoms with van der Waals surface area (Å²) < 4.78 is 30.7. The molecule has 0 radical (unpaired) electrons. The number of methoxy groups -OCH3 is 1. The Bertz CT molecular complexity index is 426. The molecule has 6 heteroatoms. The van der Waals surface area contributed by atoms with Crippen molar-refractivity contribution in [3.63, 3.8) is 0 Å². The number of esters is 1. The molecule has 1 aromatic carbocycles. The second-order valence-electron chi connectivity index (χ2n) is 3.83. The van der Waals surface area contributed by atoms with E-state index in [1.165, 1.54) is 7.11 Å². The third-order valence-electron chi connectivity index (χ3n) is 2.49. The van der Waals surface area contributed by atoms with E-state index in [-0.39, 0.29) is 12.1 Å². The van der Waals surface area contributed by atoms with Crippen molar-refractivity contribution in [3.05, 3.63) is 35.4 Å². The number of halogens is 2. The molecular weight excluding hydrogens is 244 g/mol. The van der Waals surface area contributed by atoms with Gasteiger partial charge in [0.15, 0.2) is 0 Å². The van der Waals surface area contributed by atoms with Crippen LogP contribution in [0.2, 0.25) is 0 Å². The maximum atomic E-state index is 13.3. The summed E-state index contributed by atoms with van der Waals surface area (Å²) in [7, 11) is 1.24. The fraction of sp³-hybridized carbons (Fsp3) is 0.417. The molecule has 0 aliphatic rings. The molecular formula is C12H15F2NO3. The minimum absolute atomic E-state index is 0.0867. The second-order valence-corrected chi connectivity index (χ2v) is 3.83. The quantitative estimate of drug-likeness (QED) is 0.779. The average Bonchev–Trinajstić information content (AvgIpc) is 2.37. The number of aliphatic hydroxyl groups is 1. The number of carbonyl (C=O) groups excluding carboxylic acids is 1. The number of ether oxygens (including phenoxy) is 1. The van der Waals surface area contributed by atoms with Gasteiger partial charge in [0.2, 0.25) is 0 Å². The molecule has 0 bridgehead atoms. The van der Waals surface area contributed by atoms with Crippen LogP contribution in [0.5, 0.6) is 0 Å². The summed E-state index contributed by atoms with van der Waals surface area (Å²) in [6.07, 6.45) is -1.24. The van der Waals surface area contributed by atoms with Crippen molar-refractivity contribution in [3.8, 4) is 0 Å². The predicted octanol–water partition coefficient (Wildman–Crippen LogP) is 1.15. The SMILES string of the molecule is COC(=O)C(C)NCC(O)c1cc(F)ccc1F. The van der Waals surface area contributed by atoms with E-state index in [9.17, 15) is 18.7 Å². The summed E-state index contributed by atoms with van der Waals surface area (Å²) in [5.41, 5.74) is -0.153. The van der Waals surface area contributed by atoms with Gasteiger partial charge in [0.05, 0.1) is 13.2 Å². The number of hydrogen-bond donors (Lipinski definition) is 2. The molecule has 0 fully saturated rings. The molecule has 1 aromatic rings. The van der Waals surface area contributed by atoms with Crippen LogP contribution < -0.4 is 5.32 Å². The van der Waals surface area contributed by atoms with Gasteiger partial charge in [-0.05, 0) is 25.1 Å². The van der Waals surface area contributed by atoms with E-state index < -0.39 is 29.7 Å². The summed E-state index contributed by atoms with van der Waals surface area (Å²) in [6, 6.07) is 2.19. The van der Waals surface area contributed by atoms with Gasteiger partial charge in [-0.25, -0.2) is 8.78 Å². The van der Waals surface area contributed by atoms with Crippen molar-refractivity contribution in [1.82, 2.24) is 5.32 Å². The largest absolute Gasteiger partial charge is 0.468 e. The van der Waals surface area contributed by atoms with Crippen molar-refractivity contribution in [2.24, 2.45) is 0 Å². The van der Waals surface area contributed by atoms with Crippen LogP contribution in [-0.4, -0.2) is 30.8 Å². The van der Waals surface area contributed by atoms with Gasteiger partial charge in [-0.1, -0.05) is 0 Å². The van der Waals surface area contributed by atoms with Gasteiger partial charge >= 0.3 is 5.97 Å². The smallest absolute Gasteiger partial charge is 0.322 e. The van der Waals surface area contributed by atoms with Crippen molar-refractivity contribution in [2.45, 2.75) is 19.1 Å². The highest BCUT2D eigenvalue weighted by atomic mass is 19.1. The van der Waals surface area contributed by atoms with Crippen molar-refractivity contribution >= 4 is 5.97 Å². The molecule has 0 heterocycles. The minimum Gasteiger partial charge on any atom is -0.468 e. The molecule has 100 valence electrons. The second kappa shape index (κ2) is 6.42. The maximum Gasteiger partial charge on any atom is 0.322 e. The summed E-state index contributed by atoms with van der Waals surface area (Å²) in [5, 5.41) is 12.4. The first-order valence-electron chi connectivity index (χ1n) is 5.40. The first-order chi connectivity index (χ1) is 8.45. The van der Waals surface area contributed by atoms with Crippen LogP contribution >= 0.6 is 0 Å². The van der Waals surface area contributed by atoms with E-state index >= 15 is 0 Å². The van der Waals surface area contributed by atoms with Crippen LogP contribution in [0, 0.1) is 11.6 Å². The Morgan fingerprint density at radius 1 is 1.50 bits per heavy atom. The van der Waals surface area contributed by atoms with Gasteiger partial charge in [0.25, 0.3) is 0 Å². The van der Waals surface area contributed by atoms with E-state index in [1.54, 1.807) is 6.92 Å². The van der Waals surface area contributed by atoms with Gasteiger partial charge in [0.1, 0.15) is 17.7 Å². The molecule has 0 aliphatic carbocycles. The fourth-order valence-electron chi connectivity index (χ4n) is 1.43. The van der Waals surface area contributed by atoms with Crippen molar-refractivity contribution in [2.75, 3.05) is 13.7 Å². The molecule has 0 saturated heterocycles. The molecule has 2 atom stereocenters. The van der Waals surface area contributed by atoms with E-state index in [1.807, 2.05) is 0 Å². The fourth-order valence-corrected chi connectivity index (χ4v) is 1.43. The Kier molecular flexibility index (Phi) is 5.18. The topological polar surface area (TPSA) is 58.6 Å². The molecule has 18 heavy (non-hydrogen) atoms. The summed E-state index contributed by atoms with van der Waals surface area (Å²) in [5.74, 6) is -1.83. The number of nitrogens with one attached hydrogen (secondary N) is 1. The highest BCUT2D eigenvalue weighted by molar-refractivity contribution is 5.75. The number of hydrogen-bond acceptors (Lipinski definition) is 4. The van der Waals surface area contributed by atoms with Crippen LogP contribution in [-0.2, 0) is 9.53 Å². The lowest BCUT2D eigenvalue weighted by Gasteiger charge is -2.16. The highest BCUT2D eigenvalue weighted by Gasteiger charge is 2.17. The zero-order valence-electron chi connectivity index (χ0n) is 10.1. The van der Waals surface area contributed by atoms with Crippen molar-refractivity contribution < 1.29 is 23.4 Å². The van der Waals surface area contributed by atoms with Gasteiger partial charge in [0, 0.05) is 12.1 Å². The standard InChI is InChI=1S/C12H15F2NO3/c1-7(12(17)18-2)15-6-11(16)9-5-8(13)3-4-10(9)14/h3-5,7,11,15-16H,6H2,1-2H3. The average molecular weight is 259 g/mol. The monoisotopic (exact) mass is 259 g/mol. The molecule has 0 amide bonds. The summed E-state index contributed by atoms with van der Waals surface area (Å²) >= 11 is 0.